The van der Waals surface area contributed by atoms with E-state index >= 15 is 0 Å². The summed E-state index contributed by atoms with van der Waals surface area (Å²) in [5.41, 5.74) is 0.430. The molecule has 1 fully saturated rings. The standard InChI is InChI=1S/C11H17N5O/c1-15(2)10-9(13-3-4-14-10)11(17)16-7-5-12-6-8-16/h3-4,12H,5-8H2,1-2H3. The minimum Gasteiger partial charge on any atom is -0.361 e. The smallest absolute Gasteiger partial charge is 0.276 e. The highest BCUT2D eigenvalue weighted by Gasteiger charge is 2.23. The van der Waals surface area contributed by atoms with Crippen LogP contribution in [0.5, 0.6) is 0 Å². The number of carbonyl (C=O) groups excluding carboxylic acids is 1. The molecule has 17 heavy (non-hydrogen) atoms. The lowest BCUT2D eigenvalue weighted by molar-refractivity contribution is 0.0730. The molecule has 1 N–H and O–H groups in total. The summed E-state index contributed by atoms with van der Waals surface area (Å²) in [7, 11) is 3.72. The Morgan fingerprint density at radius 1 is 1.29 bits per heavy atom. The minimum absolute atomic E-state index is 0.0386. The van der Waals surface area contributed by atoms with Gasteiger partial charge < -0.3 is 15.1 Å². The molecule has 0 spiro atoms. The van der Waals surface area contributed by atoms with Crippen LogP contribution in [0, 0.1) is 0 Å². The number of hydrogen-bond donors (Lipinski definition) is 1. The van der Waals surface area contributed by atoms with E-state index in [2.05, 4.69) is 15.3 Å². The first kappa shape index (κ1) is 11.8. The molecular weight excluding hydrogens is 218 g/mol. The molecule has 1 saturated heterocycles. The van der Waals surface area contributed by atoms with E-state index in [0.29, 0.717) is 11.5 Å². The zero-order valence-corrected chi connectivity index (χ0v) is 10.2. The van der Waals surface area contributed by atoms with Gasteiger partial charge >= 0.3 is 0 Å². The zero-order chi connectivity index (χ0) is 12.3. The molecule has 0 aromatic carbocycles. The van der Waals surface area contributed by atoms with Gasteiger partial charge in [-0.3, -0.25) is 4.79 Å². The van der Waals surface area contributed by atoms with E-state index in [1.165, 1.54) is 0 Å². The van der Waals surface area contributed by atoms with Crippen LogP contribution in [0.3, 0.4) is 0 Å². The molecule has 0 radical (unpaired) electrons. The molecule has 2 rings (SSSR count). The molecule has 0 unspecified atom stereocenters. The average Bonchev–Trinajstić information content (AvgIpc) is 2.39. The summed E-state index contributed by atoms with van der Waals surface area (Å²) < 4.78 is 0. The van der Waals surface area contributed by atoms with Crippen molar-refractivity contribution in [2.75, 3.05) is 45.2 Å². The largest absolute Gasteiger partial charge is 0.361 e. The highest BCUT2D eigenvalue weighted by molar-refractivity contribution is 5.96. The SMILES string of the molecule is CN(C)c1nccnc1C(=O)N1CCNCC1. The van der Waals surface area contributed by atoms with Crippen molar-refractivity contribution in [1.82, 2.24) is 20.2 Å². The summed E-state index contributed by atoms with van der Waals surface area (Å²) in [4.78, 5) is 24.3. The van der Waals surface area contributed by atoms with Gasteiger partial charge in [-0.1, -0.05) is 0 Å². The molecule has 0 aliphatic carbocycles. The highest BCUT2D eigenvalue weighted by Crippen LogP contribution is 2.14. The van der Waals surface area contributed by atoms with Gasteiger partial charge in [0, 0.05) is 52.7 Å². The van der Waals surface area contributed by atoms with Crippen LogP contribution in [0.2, 0.25) is 0 Å². The van der Waals surface area contributed by atoms with Gasteiger partial charge in [0.25, 0.3) is 5.91 Å². The van der Waals surface area contributed by atoms with Crippen molar-refractivity contribution >= 4 is 11.7 Å². The Kier molecular flexibility index (Phi) is 3.53. The van der Waals surface area contributed by atoms with Crippen LogP contribution >= 0.6 is 0 Å². The fourth-order valence-electron chi connectivity index (χ4n) is 1.83. The van der Waals surface area contributed by atoms with Crippen molar-refractivity contribution in [3.8, 4) is 0 Å². The van der Waals surface area contributed by atoms with Gasteiger partial charge in [0.15, 0.2) is 11.5 Å². The van der Waals surface area contributed by atoms with Crippen molar-refractivity contribution in [3.63, 3.8) is 0 Å². The van der Waals surface area contributed by atoms with Crippen LogP contribution in [0.4, 0.5) is 5.82 Å². The molecule has 1 aliphatic heterocycles. The summed E-state index contributed by atoms with van der Waals surface area (Å²) in [6.45, 7) is 3.12. The normalized spacial score (nSPS) is 15.8. The lowest BCUT2D eigenvalue weighted by Gasteiger charge is -2.28. The van der Waals surface area contributed by atoms with Crippen LogP contribution in [-0.4, -0.2) is 61.0 Å². The second kappa shape index (κ2) is 5.09. The zero-order valence-electron chi connectivity index (χ0n) is 10.2. The van der Waals surface area contributed by atoms with E-state index in [1.807, 2.05) is 23.9 Å². The number of anilines is 1. The summed E-state index contributed by atoms with van der Waals surface area (Å²) >= 11 is 0. The van der Waals surface area contributed by atoms with Crippen molar-refractivity contribution in [1.29, 1.82) is 0 Å². The highest BCUT2D eigenvalue weighted by atomic mass is 16.2. The molecule has 1 aromatic rings. The minimum atomic E-state index is -0.0386. The lowest BCUT2D eigenvalue weighted by Crippen LogP contribution is -2.46. The van der Waals surface area contributed by atoms with Crippen LogP contribution in [0.1, 0.15) is 10.5 Å². The van der Waals surface area contributed by atoms with E-state index in [-0.39, 0.29) is 5.91 Å². The van der Waals surface area contributed by atoms with Gasteiger partial charge in [-0.2, -0.15) is 0 Å². The number of rotatable bonds is 2. The van der Waals surface area contributed by atoms with Gasteiger partial charge in [0.1, 0.15) is 0 Å². The molecule has 0 saturated carbocycles. The van der Waals surface area contributed by atoms with Crippen LogP contribution < -0.4 is 10.2 Å². The van der Waals surface area contributed by atoms with E-state index in [9.17, 15) is 4.79 Å². The van der Waals surface area contributed by atoms with Crippen molar-refractivity contribution < 1.29 is 4.79 Å². The Morgan fingerprint density at radius 2 is 1.94 bits per heavy atom. The van der Waals surface area contributed by atoms with Gasteiger partial charge in [0.2, 0.25) is 0 Å². The van der Waals surface area contributed by atoms with Gasteiger partial charge in [-0.25, -0.2) is 9.97 Å². The number of piperazine rings is 1. The summed E-state index contributed by atoms with van der Waals surface area (Å²) in [6, 6.07) is 0. The fraction of sp³-hybridized carbons (Fsp3) is 0.545. The first-order chi connectivity index (χ1) is 8.20. The number of hydrogen-bond acceptors (Lipinski definition) is 5. The Labute approximate surface area is 101 Å². The van der Waals surface area contributed by atoms with Crippen LogP contribution in [-0.2, 0) is 0 Å². The topological polar surface area (TPSA) is 61.4 Å². The molecule has 2 heterocycles. The first-order valence-corrected chi connectivity index (χ1v) is 5.68. The average molecular weight is 235 g/mol. The Balaban J connectivity index is 2.23. The van der Waals surface area contributed by atoms with Gasteiger partial charge in [0.05, 0.1) is 0 Å². The fourth-order valence-corrected chi connectivity index (χ4v) is 1.83. The van der Waals surface area contributed by atoms with Gasteiger partial charge in [-0.05, 0) is 0 Å². The number of aromatic nitrogens is 2. The Bertz CT molecular complexity index is 401. The van der Waals surface area contributed by atoms with Crippen molar-refractivity contribution in [2.45, 2.75) is 0 Å². The molecule has 92 valence electrons. The Morgan fingerprint density at radius 3 is 2.59 bits per heavy atom. The number of nitrogens with zero attached hydrogens (tertiary/aromatic N) is 4. The van der Waals surface area contributed by atoms with E-state index in [0.717, 1.165) is 26.2 Å². The summed E-state index contributed by atoms with van der Waals surface area (Å²) in [5, 5.41) is 3.22. The molecule has 6 heteroatoms. The molecule has 1 aliphatic rings. The third-order valence-corrected chi connectivity index (χ3v) is 2.71. The lowest BCUT2D eigenvalue weighted by atomic mass is 10.3. The molecule has 0 bridgehead atoms. The van der Waals surface area contributed by atoms with E-state index < -0.39 is 0 Å². The molecule has 6 nitrogen and oxygen atoms in total. The predicted octanol–water partition coefficient (Wildman–Crippen LogP) is -0.412. The quantitative estimate of drug-likeness (QED) is 0.755. The van der Waals surface area contributed by atoms with E-state index in [1.54, 1.807) is 12.4 Å². The predicted molar refractivity (Wildman–Crippen MR) is 65.1 cm³/mol. The molecule has 0 atom stereocenters. The number of amides is 1. The van der Waals surface area contributed by atoms with Crippen molar-refractivity contribution in [2.24, 2.45) is 0 Å². The third kappa shape index (κ3) is 2.52. The van der Waals surface area contributed by atoms with Crippen LogP contribution in [0.15, 0.2) is 12.4 Å². The number of carbonyl (C=O) groups is 1. The summed E-state index contributed by atoms with van der Waals surface area (Å²) in [6.07, 6.45) is 3.16. The maximum absolute atomic E-state index is 12.3. The molecule has 1 amide bonds. The maximum atomic E-state index is 12.3. The second-order valence-electron chi connectivity index (χ2n) is 4.17. The molecule has 1 aromatic heterocycles. The number of nitrogens with one attached hydrogen (secondary N) is 1. The second-order valence-corrected chi connectivity index (χ2v) is 4.17. The maximum Gasteiger partial charge on any atom is 0.276 e. The van der Waals surface area contributed by atoms with Gasteiger partial charge in [-0.15, -0.1) is 0 Å². The van der Waals surface area contributed by atoms with Crippen molar-refractivity contribution in [3.05, 3.63) is 18.1 Å². The summed E-state index contributed by atoms with van der Waals surface area (Å²) in [5.74, 6) is 0.583. The monoisotopic (exact) mass is 235 g/mol. The molecular formula is C11H17N5O. The van der Waals surface area contributed by atoms with Crippen LogP contribution in [0.25, 0.3) is 0 Å². The third-order valence-electron chi connectivity index (χ3n) is 2.71. The first-order valence-electron chi connectivity index (χ1n) is 5.68. The Hall–Kier alpha value is -1.69. The van der Waals surface area contributed by atoms with E-state index in [4.69, 9.17) is 0 Å².